The molecule has 1 aliphatic carbocycles. The fourth-order valence-corrected chi connectivity index (χ4v) is 2.86. The van der Waals surface area contributed by atoms with Crippen LogP contribution in [0.1, 0.15) is 41.6 Å². The number of amides is 2. The summed E-state index contributed by atoms with van der Waals surface area (Å²) in [4.78, 5) is 23.7. The van der Waals surface area contributed by atoms with Crippen molar-refractivity contribution < 1.29 is 22.8 Å². The minimum Gasteiger partial charge on any atom is -0.352 e. The maximum absolute atomic E-state index is 12.8. The first kappa shape index (κ1) is 18.3. The van der Waals surface area contributed by atoms with Gasteiger partial charge in [-0.15, -0.1) is 0 Å². The highest BCUT2D eigenvalue weighted by molar-refractivity contribution is 5.96. The lowest BCUT2D eigenvalue weighted by molar-refractivity contribution is -0.184. The van der Waals surface area contributed by atoms with Gasteiger partial charge in [0.2, 0.25) is 5.91 Å². The van der Waals surface area contributed by atoms with Gasteiger partial charge in [-0.05, 0) is 38.3 Å². The molecular weight excluding hydrogens is 321 g/mol. The van der Waals surface area contributed by atoms with Gasteiger partial charge >= 0.3 is 6.18 Å². The summed E-state index contributed by atoms with van der Waals surface area (Å²) >= 11 is 0. The van der Waals surface area contributed by atoms with E-state index in [0.29, 0.717) is 18.4 Å². The van der Waals surface area contributed by atoms with E-state index in [2.05, 4.69) is 10.6 Å². The molecule has 2 unspecified atom stereocenters. The van der Waals surface area contributed by atoms with E-state index < -0.39 is 24.0 Å². The van der Waals surface area contributed by atoms with Gasteiger partial charge < -0.3 is 10.6 Å². The Morgan fingerprint density at radius 3 is 2.46 bits per heavy atom. The molecule has 132 valence electrons. The lowest BCUT2D eigenvalue weighted by atomic mass is 9.85. The number of alkyl halides is 3. The normalized spacial score (nSPS) is 21.2. The van der Waals surface area contributed by atoms with Crippen LogP contribution in [0.25, 0.3) is 0 Å². The van der Waals surface area contributed by atoms with Crippen molar-refractivity contribution in [3.63, 3.8) is 0 Å². The second-order valence-corrected chi connectivity index (χ2v) is 6.22. The van der Waals surface area contributed by atoms with Crippen LogP contribution in [0.2, 0.25) is 0 Å². The molecule has 0 spiro atoms. The van der Waals surface area contributed by atoms with Crippen LogP contribution in [0.4, 0.5) is 13.2 Å². The van der Waals surface area contributed by atoms with Crippen molar-refractivity contribution >= 4 is 11.8 Å². The monoisotopic (exact) mass is 342 g/mol. The summed E-state index contributed by atoms with van der Waals surface area (Å²) < 4.78 is 38.3. The van der Waals surface area contributed by atoms with Crippen LogP contribution >= 0.6 is 0 Å². The molecule has 0 heterocycles. The largest absolute Gasteiger partial charge is 0.391 e. The molecule has 0 radical (unpaired) electrons. The minimum atomic E-state index is -4.22. The van der Waals surface area contributed by atoms with E-state index in [9.17, 15) is 22.8 Å². The van der Waals surface area contributed by atoms with E-state index in [1.165, 1.54) is 0 Å². The SMILES string of the molecule is Cc1ccc(C(=O)NCC(=O)NC2CCCC(C(F)(F)F)C2)cc1. The third kappa shape index (κ3) is 5.25. The van der Waals surface area contributed by atoms with Crippen LogP contribution in [0.15, 0.2) is 24.3 Å². The fraction of sp³-hybridized carbons (Fsp3) is 0.529. The highest BCUT2D eigenvalue weighted by atomic mass is 19.4. The number of rotatable bonds is 4. The van der Waals surface area contributed by atoms with Crippen molar-refractivity contribution in [1.29, 1.82) is 0 Å². The van der Waals surface area contributed by atoms with Crippen LogP contribution in [-0.4, -0.2) is 30.6 Å². The van der Waals surface area contributed by atoms with E-state index in [-0.39, 0.29) is 25.3 Å². The number of nitrogens with one attached hydrogen (secondary N) is 2. The first-order valence-electron chi connectivity index (χ1n) is 7.96. The highest BCUT2D eigenvalue weighted by Gasteiger charge is 2.42. The van der Waals surface area contributed by atoms with Gasteiger partial charge in [0.05, 0.1) is 12.5 Å². The summed E-state index contributed by atoms with van der Waals surface area (Å²) in [5.74, 6) is -2.22. The zero-order chi connectivity index (χ0) is 17.7. The molecule has 2 N–H and O–H groups in total. The first-order valence-corrected chi connectivity index (χ1v) is 7.96. The molecule has 1 aliphatic rings. The molecular formula is C17H21F3N2O2. The Morgan fingerprint density at radius 1 is 1.17 bits per heavy atom. The summed E-state index contributed by atoms with van der Waals surface area (Å²) in [6.45, 7) is 1.65. The molecule has 0 saturated heterocycles. The Bertz CT molecular complexity index is 584. The van der Waals surface area contributed by atoms with E-state index >= 15 is 0 Å². The number of aryl methyl sites for hydroxylation is 1. The summed E-state index contributed by atoms with van der Waals surface area (Å²) in [6.07, 6.45) is -3.24. The summed E-state index contributed by atoms with van der Waals surface area (Å²) in [5, 5.41) is 5.06. The Balaban J connectivity index is 1.78. The third-order valence-electron chi connectivity index (χ3n) is 4.23. The number of hydrogen-bond acceptors (Lipinski definition) is 2. The van der Waals surface area contributed by atoms with Crippen molar-refractivity contribution in [2.24, 2.45) is 5.92 Å². The third-order valence-corrected chi connectivity index (χ3v) is 4.23. The van der Waals surface area contributed by atoms with E-state index in [0.717, 1.165) is 5.56 Å². The Labute approximate surface area is 138 Å². The Hall–Kier alpha value is -2.05. The second kappa shape index (κ2) is 7.68. The van der Waals surface area contributed by atoms with Crippen LogP contribution in [0.5, 0.6) is 0 Å². The molecule has 4 nitrogen and oxygen atoms in total. The smallest absolute Gasteiger partial charge is 0.352 e. The maximum Gasteiger partial charge on any atom is 0.391 e. The van der Waals surface area contributed by atoms with Crippen molar-refractivity contribution in [1.82, 2.24) is 10.6 Å². The second-order valence-electron chi connectivity index (χ2n) is 6.22. The van der Waals surface area contributed by atoms with Crippen molar-refractivity contribution in [3.8, 4) is 0 Å². The van der Waals surface area contributed by atoms with Gasteiger partial charge in [0.15, 0.2) is 0 Å². The number of carbonyl (C=O) groups is 2. The van der Waals surface area contributed by atoms with E-state index in [1.54, 1.807) is 24.3 Å². The van der Waals surface area contributed by atoms with Crippen LogP contribution in [0.3, 0.4) is 0 Å². The average molecular weight is 342 g/mol. The van der Waals surface area contributed by atoms with Crippen molar-refractivity contribution in [2.75, 3.05) is 6.54 Å². The number of halogens is 3. The molecule has 0 bridgehead atoms. The van der Waals surface area contributed by atoms with Crippen LogP contribution in [0, 0.1) is 12.8 Å². The molecule has 0 aliphatic heterocycles. The molecule has 2 rings (SSSR count). The molecule has 1 aromatic rings. The lowest BCUT2D eigenvalue weighted by Crippen LogP contribution is -2.45. The summed E-state index contributed by atoms with van der Waals surface area (Å²) in [5.41, 5.74) is 1.45. The van der Waals surface area contributed by atoms with Gasteiger partial charge in [0.1, 0.15) is 0 Å². The molecule has 1 fully saturated rings. The molecule has 7 heteroatoms. The van der Waals surface area contributed by atoms with Gasteiger partial charge in [0, 0.05) is 11.6 Å². The molecule has 1 aromatic carbocycles. The molecule has 2 amide bonds. The van der Waals surface area contributed by atoms with Crippen LogP contribution in [-0.2, 0) is 4.79 Å². The molecule has 24 heavy (non-hydrogen) atoms. The standard InChI is InChI=1S/C17H21F3N2O2/c1-11-5-7-12(8-6-11)16(24)21-10-15(23)22-14-4-2-3-13(9-14)17(18,19)20/h5-8,13-14H,2-4,9-10H2,1H3,(H,21,24)(H,22,23). The van der Waals surface area contributed by atoms with Crippen LogP contribution < -0.4 is 10.6 Å². The predicted molar refractivity (Wildman–Crippen MR) is 83.5 cm³/mol. The average Bonchev–Trinajstić information content (AvgIpc) is 2.53. The summed E-state index contributed by atoms with van der Waals surface area (Å²) in [6, 6.07) is 6.38. The van der Waals surface area contributed by atoms with Crippen molar-refractivity contribution in [3.05, 3.63) is 35.4 Å². The van der Waals surface area contributed by atoms with Gasteiger partial charge in [-0.1, -0.05) is 24.1 Å². The number of benzene rings is 1. The Kier molecular flexibility index (Phi) is 5.85. The van der Waals surface area contributed by atoms with Crippen molar-refractivity contribution in [2.45, 2.75) is 44.8 Å². The minimum absolute atomic E-state index is 0.0961. The fourth-order valence-electron chi connectivity index (χ4n) is 2.86. The molecule has 1 saturated carbocycles. The predicted octanol–water partition coefficient (Wildman–Crippen LogP) is 2.96. The molecule has 2 atom stereocenters. The highest BCUT2D eigenvalue weighted by Crippen LogP contribution is 2.37. The van der Waals surface area contributed by atoms with Gasteiger partial charge in [-0.2, -0.15) is 13.2 Å². The zero-order valence-electron chi connectivity index (χ0n) is 13.5. The van der Waals surface area contributed by atoms with Gasteiger partial charge in [0.25, 0.3) is 5.91 Å². The zero-order valence-corrected chi connectivity index (χ0v) is 13.5. The summed E-state index contributed by atoms with van der Waals surface area (Å²) in [7, 11) is 0. The van der Waals surface area contributed by atoms with Gasteiger partial charge in [-0.3, -0.25) is 9.59 Å². The van der Waals surface area contributed by atoms with E-state index in [1.807, 2.05) is 6.92 Å². The number of carbonyl (C=O) groups excluding carboxylic acids is 2. The molecule has 0 aromatic heterocycles. The number of hydrogen-bond donors (Lipinski definition) is 2. The lowest BCUT2D eigenvalue weighted by Gasteiger charge is -2.31. The first-order chi connectivity index (χ1) is 11.3. The van der Waals surface area contributed by atoms with E-state index in [4.69, 9.17) is 0 Å². The Morgan fingerprint density at radius 2 is 1.83 bits per heavy atom. The maximum atomic E-state index is 12.8. The quantitative estimate of drug-likeness (QED) is 0.884. The van der Waals surface area contributed by atoms with Gasteiger partial charge in [-0.25, -0.2) is 0 Å². The topological polar surface area (TPSA) is 58.2 Å².